The fourth-order valence-corrected chi connectivity index (χ4v) is 1.55. The lowest BCUT2D eigenvalue weighted by Gasteiger charge is -2.02. The van der Waals surface area contributed by atoms with E-state index in [2.05, 4.69) is 27.4 Å². The number of aliphatic imine (C=N–C) groups is 1. The Labute approximate surface area is 87.3 Å². The van der Waals surface area contributed by atoms with Crippen LogP contribution in [0.25, 0.3) is 10.9 Å². The van der Waals surface area contributed by atoms with Crippen LogP contribution in [0.2, 0.25) is 0 Å². The molecular weight excluding hydrogens is 192 g/mol. The Balaban J connectivity index is 2.81. The molecule has 0 saturated heterocycles. The number of aromatic nitrogens is 1. The first-order valence-electron chi connectivity index (χ1n) is 4.25. The molecule has 0 atom stereocenters. The van der Waals surface area contributed by atoms with Crippen LogP contribution in [0.4, 0.5) is 5.69 Å². The Morgan fingerprint density at radius 1 is 1.36 bits per heavy atom. The van der Waals surface area contributed by atoms with Crippen molar-refractivity contribution in [1.29, 1.82) is 0 Å². The summed E-state index contributed by atoms with van der Waals surface area (Å²) < 4.78 is 0. The average molecular weight is 200 g/mol. The Hall–Kier alpha value is -1.57. The van der Waals surface area contributed by atoms with E-state index in [0.29, 0.717) is 0 Å². The SMILES string of the molecule is Cc1c(N=C=S)ccc2cccnc12. The maximum absolute atomic E-state index is 4.58. The number of pyridine rings is 1. The number of nitrogens with zero attached hydrogens (tertiary/aromatic N) is 2. The van der Waals surface area contributed by atoms with Crippen LogP contribution in [-0.2, 0) is 0 Å². The zero-order valence-electron chi connectivity index (χ0n) is 7.69. The predicted octanol–water partition coefficient (Wildman–Crippen LogP) is 3.28. The molecule has 0 aliphatic carbocycles. The Morgan fingerprint density at radius 2 is 2.21 bits per heavy atom. The van der Waals surface area contributed by atoms with E-state index in [-0.39, 0.29) is 0 Å². The highest BCUT2D eigenvalue weighted by atomic mass is 32.1. The standard InChI is InChI=1S/C11H8N2S/c1-8-10(13-7-14)5-4-9-3-2-6-12-11(8)9/h2-6H,1H3. The Bertz CT molecular complexity index is 528. The monoisotopic (exact) mass is 200 g/mol. The lowest BCUT2D eigenvalue weighted by Crippen LogP contribution is -1.82. The number of hydrogen-bond acceptors (Lipinski definition) is 3. The highest BCUT2D eigenvalue weighted by Gasteiger charge is 2.02. The van der Waals surface area contributed by atoms with Gasteiger partial charge in [-0.25, -0.2) is 0 Å². The molecule has 0 N–H and O–H groups in total. The molecule has 0 radical (unpaired) electrons. The van der Waals surface area contributed by atoms with Crippen LogP contribution in [0.1, 0.15) is 5.56 Å². The van der Waals surface area contributed by atoms with Gasteiger partial charge in [0.2, 0.25) is 0 Å². The Morgan fingerprint density at radius 3 is 3.00 bits per heavy atom. The molecule has 2 aromatic rings. The summed E-state index contributed by atoms with van der Waals surface area (Å²) in [6.07, 6.45) is 1.78. The largest absolute Gasteiger partial charge is 0.256 e. The minimum absolute atomic E-state index is 0.839. The first-order chi connectivity index (χ1) is 6.83. The van der Waals surface area contributed by atoms with Crippen molar-refractivity contribution in [3.8, 4) is 0 Å². The van der Waals surface area contributed by atoms with Crippen molar-refractivity contribution in [2.75, 3.05) is 0 Å². The topological polar surface area (TPSA) is 25.2 Å². The third kappa shape index (κ3) is 1.43. The van der Waals surface area contributed by atoms with Gasteiger partial charge in [-0.3, -0.25) is 4.98 Å². The number of thiocarbonyl (C=S) groups is 1. The summed E-state index contributed by atoms with van der Waals surface area (Å²) in [6, 6.07) is 7.86. The molecule has 0 saturated carbocycles. The summed E-state index contributed by atoms with van der Waals surface area (Å²) in [5, 5.41) is 3.49. The quantitative estimate of drug-likeness (QED) is 0.521. The third-order valence-corrected chi connectivity index (χ3v) is 2.26. The molecule has 0 bridgehead atoms. The summed E-state index contributed by atoms with van der Waals surface area (Å²) in [4.78, 5) is 8.28. The van der Waals surface area contributed by atoms with Gasteiger partial charge in [0.1, 0.15) is 0 Å². The van der Waals surface area contributed by atoms with Gasteiger partial charge in [0.05, 0.1) is 16.4 Å². The second kappa shape index (κ2) is 3.66. The maximum Gasteiger partial charge on any atom is 0.0790 e. The number of benzene rings is 1. The summed E-state index contributed by atoms with van der Waals surface area (Å²) in [5.74, 6) is 0. The minimum atomic E-state index is 0.839. The average Bonchev–Trinajstić information content (AvgIpc) is 2.23. The Kier molecular flexibility index (Phi) is 2.35. The van der Waals surface area contributed by atoms with Crippen molar-refractivity contribution in [1.82, 2.24) is 4.98 Å². The molecule has 1 aromatic carbocycles. The van der Waals surface area contributed by atoms with E-state index in [0.717, 1.165) is 22.2 Å². The molecule has 68 valence electrons. The van der Waals surface area contributed by atoms with Crippen LogP contribution in [0.5, 0.6) is 0 Å². The molecule has 2 rings (SSSR count). The number of rotatable bonds is 1. The normalized spacial score (nSPS) is 9.79. The molecule has 0 aliphatic heterocycles. The molecule has 3 heteroatoms. The van der Waals surface area contributed by atoms with Crippen LogP contribution < -0.4 is 0 Å². The smallest absolute Gasteiger partial charge is 0.0790 e. The second-order valence-electron chi connectivity index (χ2n) is 2.99. The van der Waals surface area contributed by atoms with E-state index in [1.807, 2.05) is 31.2 Å². The van der Waals surface area contributed by atoms with E-state index in [9.17, 15) is 0 Å². The van der Waals surface area contributed by atoms with Crippen LogP contribution in [-0.4, -0.2) is 10.1 Å². The summed E-state index contributed by atoms with van der Waals surface area (Å²) in [5.41, 5.74) is 2.85. The number of hydrogen-bond donors (Lipinski definition) is 0. The fraction of sp³-hybridized carbons (Fsp3) is 0.0909. The maximum atomic E-state index is 4.58. The molecule has 14 heavy (non-hydrogen) atoms. The van der Waals surface area contributed by atoms with Gasteiger partial charge in [-0.2, -0.15) is 4.99 Å². The zero-order valence-corrected chi connectivity index (χ0v) is 8.51. The molecule has 0 aliphatic rings. The molecule has 1 aromatic heterocycles. The molecule has 0 fully saturated rings. The van der Waals surface area contributed by atoms with E-state index >= 15 is 0 Å². The van der Waals surface area contributed by atoms with Gasteiger partial charge in [-0.05, 0) is 31.3 Å². The number of isothiocyanates is 1. The van der Waals surface area contributed by atoms with Crippen molar-refractivity contribution in [2.24, 2.45) is 4.99 Å². The molecular formula is C11H8N2S. The summed E-state index contributed by atoms with van der Waals surface area (Å²) in [7, 11) is 0. The van der Waals surface area contributed by atoms with Crippen molar-refractivity contribution >= 4 is 34.0 Å². The first-order valence-corrected chi connectivity index (χ1v) is 4.66. The van der Waals surface area contributed by atoms with Gasteiger partial charge in [-0.15, -0.1) is 0 Å². The predicted molar refractivity (Wildman–Crippen MR) is 61.2 cm³/mol. The van der Waals surface area contributed by atoms with Crippen molar-refractivity contribution < 1.29 is 0 Å². The fourth-order valence-electron chi connectivity index (χ4n) is 1.45. The minimum Gasteiger partial charge on any atom is -0.256 e. The lowest BCUT2D eigenvalue weighted by molar-refractivity contribution is 1.35. The molecule has 0 spiro atoms. The van der Waals surface area contributed by atoms with Gasteiger partial charge in [0, 0.05) is 17.1 Å². The van der Waals surface area contributed by atoms with E-state index in [1.165, 1.54) is 0 Å². The lowest BCUT2D eigenvalue weighted by atomic mass is 10.1. The van der Waals surface area contributed by atoms with E-state index < -0.39 is 0 Å². The van der Waals surface area contributed by atoms with Gasteiger partial charge in [-0.1, -0.05) is 12.1 Å². The molecule has 0 amide bonds. The highest BCUT2D eigenvalue weighted by molar-refractivity contribution is 7.78. The number of fused-ring (bicyclic) bond motifs is 1. The van der Waals surface area contributed by atoms with Crippen molar-refractivity contribution in [3.05, 3.63) is 36.0 Å². The zero-order chi connectivity index (χ0) is 9.97. The van der Waals surface area contributed by atoms with Crippen molar-refractivity contribution in [2.45, 2.75) is 6.92 Å². The summed E-state index contributed by atoms with van der Waals surface area (Å²) in [6.45, 7) is 1.99. The highest BCUT2D eigenvalue weighted by Crippen LogP contribution is 2.25. The third-order valence-electron chi connectivity index (χ3n) is 2.17. The first kappa shape index (κ1) is 9.00. The van der Waals surface area contributed by atoms with Gasteiger partial charge >= 0.3 is 0 Å². The molecule has 0 unspecified atom stereocenters. The second-order valence-corrected chi connectivity index (χ2v) is 3.17. The van der Waals surface area contributed by atoms with Crippen LogP contribution >= 0.6 is 12.2 Å². The van der Waals surface area contributed by atoms with Crippen molar-refractivity contribution in [3.63, 3.8) is 0 Å². The van der Waals surface area contributed by atoms with Crippen LogP contribution in [0.15, 0.2) is 35.5 Å². The summed E-state index contributed by atoms with van der Waals surface area (Å²) >= 11 is 4.58. The van der Waals surface area contributed by atoms with Crippen LogP contribution in [0.3, 0.4) is 0 Å². The van der Waals surface area contributed by atoms with E-state index in [1.54, 1.807) is 6.20 Å². The molecule has 1 heterocycles. The number of aryl methyl sites for hydroxylation is 1. The van der Waals surface area contributed by atoms with Gasteiger partial charge < -0.3 is 0 Å². The van der Waals surface area contributed by atoms with Gasteiger partial charge in [0.25, 0.3) is 0 Å². The van der Waals surface area contributed by atoms with Crippen LogP contribution in [0, 0.1) is 6.92 Å². The van der Waals surface area contributed by atoms with Gasteiger partial charge in [0.15, 0.2) is 0 Å². The molecule has 2 nitrogen and oxygen atoms in total. The van der Waals surface area contributed by atoms with E-state index in [4.69, 9.17) is 0 Å².